The van der Waals surface area contributed by atoms with Crippen molar-refractivity contribution in [1.82, 2.24) is 9.80 Å². The lowest BCUT2D eigenvalue weighted by Crippen LogP contribution is -2.36. The summed E-state index contributed by atoms with van der Waals surface area (Å²) >= 11 is 0. The minimum absolute atomic E-state index is 0.0681. The van der Waals surface area contributed by atoms with E-state index < -0.39 is 0 Å². The Balaban J connectivity index is 1.18. The molecule has 33 heavy (non-hydrogen) atoms. The van der Waals surface area contributed by atoms with E-state index in [0.717, 1.165) is 51.3 Å². The van der Waals surface area contributed by atoms with Crippen LogP contribution in [0.4, 0.5) is 0 Å². The number of hydrogen-bond donors (Lipinski definition) is 0. The topological polar surface area (TPSA) is 32.8 Å². The summed E-state index contributed by atoms with van der Waals surface area (Å²) in [5.74, 6) is 2.01. The molecule has 0 atom stereocenters. The average molecular weight is 449 g/mol. The van der Waals surface area contributed by atoms with E-state index in [4.69, 9.17) is 4.74 Å². The van der Waals surface area contributed by atoms with Gasteiger partial charge >= 0.3 is 0 Å². The van der Waals surface area contributed by atoms with Gasteiger partial charge in [-0.1, -0.05) is 49.7 Å². The molecule has 0 spiro atoms. The van der Waals surface area contributed by atoms with Gasteiger partial charge in [0, 0.05) is 25.6 Å². The van der Waals surface area contributed by atoms with Crippen LogP contribution < -0.4 is 4.74 Å². The average Bonchev–Trinajstić information content (AvgIpc) is 3.04. The highest BCUT2D eigenvalue weighted by Crippen LogP contribution is 2.28. The van der Waals surface area contributed by atoms with Crippen LogP contribution >= 0.6 is 0 Å². The standard InChI is InChI=1S/C29H40N2O2/c1-22(2)29(32)31-18-13-25-9-10-28(21-27(25)14-19-31)33-20-4-15-30-16-11-26(12-17-30)24-7-5-23(3)6-8-24/h5-10,21-22,26H,4,11-20H2,1-3H3. The molecule has 2 aliphatic heterocycles. The number of aryl methyl sites for hydroxylation is 1. The van der Waals surface area contributed by atoms with E-state index in [-0.39, 0.29) is 11.8 Å². The fraction of sp³-hybridized carbons (Fsp3) is 0.552. The number of carbonyl (C=O) groups is 1. The number of hydrogen-bond acceptors (Lipinski definition) is 3. The van der Waals surface area contributed by atoms with Crippen molar-refractivity contribution in [2.75, 3.05) is 39.3 Å². The van der Waals surface area contributed by atoms with Crippen molar-refractivity contribution < 1.29 is 9.53 Å². The third-order valence-electron chi connectivity index (χ3n) is 7.31. The molecule has 2 heterocycles. The Hall–Kier alpha value is -2.33. The van der Waals surface area contributed by atoms with Crippen LogP contribution in [0.15, 0.2) is 42.5 Å². The highest BCUT2D eigenvalue weighted by molar-refractivity contribution is 5.78. The molecule has 2 aliphatic rings. The van der Waals surface area contributed by atoms with Crippen molar-refractivity contribution in [2.45, 2.75) is 58.8 Å². The second-order valence-corrected chi connectivity index (χ2v) is 10.1. The smallest absolute Gasteiger partial charge is 0.225 e. The van der Waals surface area contributed by atoms with E-state index in [1.807, 2.05) is 18.7 Å². The van der Waals surface area contributed by atoms with E-state index in [2.05, 4.69) is 54.3 Å². The summed E-state index contributed by atoms with van der Waals surface area (Å²) in [5.41, 5.74) is 5.54. The lowest BCUT2D eigenvalue weighted by molar-refractivity contribution is -0.134. The fourth-order valence-corrected chi connectivity index (χ4v) is 5.18. The Morgan fingerprint density at radius 3 is 2.36 bits per heavy atom. The monoisotopic (exact) mass is 448 g/mol. The van der Waals surface area contributed by atoms with Crippen molar-refractivity contribution in [3.05, 3.63) is 64.7 Å². The van der Waals surface area contributed by atoms with Crippen LogP contribution in [0, 0.1) is 12.8 Å². The van der Waals surface area contributed by atoms with E-state index in [0.29, 0.717) is 5.92 Å². The van der Waals surface area contributed by atoms with Crippen molar-refractivity contribution in [3.8, 4) is 5.75 Å². The molecule has 1 fully saturated rings. The molecule has 2 aromatic rings. The number of fused-ring (bicyclic) bond motifs is 1. The molecule has 0 unspecified atom stereocenters. The third-order valence-corrected chi connectivity index (χ3v) is 7.31. The van der Waals surface area contributed by atoms with Gasteiger partial charge < -0.3 is 14.5 Å². The molecule has 0 N–H and O–H groups in total. The molecule has 4 heteroatoms. The Labute approximate surface area is 199 Å². The van der Waals surface area contributed by atoms with Crippen LogP contribution in [0.2, 0.25) is 0 Å². The van der Waals surface area contributed by atoms with Crippen LogP contribution in [0.5, 0.6) is 5.75 Å². The van der Waals surface area contributed by atoms with E-state index in [9.17, 15) is 4.79 Å². The molecule has 2 aromatic carbocycles. The quantitative estimate of drug-likeness (QED) is 0.544. The van der Waals surface area contributed by atoms with Gasteiger partial charge in [-0.15, -0.1) is 0 Å². The first-order chi connectivity index (χ1) is 16.0. The summed E-state index contributed by atoms with van der Waals surface area (Å²) in [6, 6.07) is 15.6. The Kier molecular flexibility index (Phi) is 8.08. The molecule has 0 saturated carbocycles. The van der Waals surface area contributed by atoms with Crippen LogP contribution in [0.25, 0.3) is 0 Å². The summed E-state index contributed by atoms with van der Waals surface area (Å²) in [4.78, 5) is 17.0. The first kappa shape index (κ1) is 23.8. The normalized spacial score (nSPS) is 17.6. The summed E-state index contributed by atoms with van der Waals surface area (Å²) in [7, 11) is 0. The van der Waals surface area contributed by atoms with E-state index >= 15 is 0 Å². The molecular weight excluding hydrogens is 408 g/mol. The number of amides is 1. The first-order valence-electron chi connectivity index (χ1n) is 12.8. The molecule has 0 aromatic heterocycles. The number of benzene rings is 2. The van der Waals surface area contributed by atoms with E-state index in [1.54, 1.807) is 0 Å². The zero-order valence-corrected chi connectivity index (χ0v) is 20.7. The number of ether oxygens (including phenoxy) is 1. The van der Waals surface area contributed by atoms with Crippen molar-refractivity contribution >= 4 is 5.91 Å². The van der Waals surface area contributed by atoms with Gasteiger partial charge in [0.15, 0.2) is 0 Å². The molecule has 1 amide bonds. The van der Waals surface area contributed by atoms with Gasteiger partial charge in [-0.2, -0.15) is 0 Å². The molecule has 0 aliphatic carbocycles. The Morgan fingerprint density at radius 2 is 1.67 bits per heavy atom. The second kappa shape index (κ2) is 11.2. The number of likely N-dealkylation sites (tertiary alicyclic amines) is 1. The maximum Gasteiger partial charge on any atom is 0.225 e. The predicted molar refractivity (Wildman–Crippen MR) is 135 cm³/mol. The Bertz CT molecular complexity index is 914. The lowest BCUT2D eigenvalue weighted by atomic mass is 9.89. The van der Waals surface area contributed by atoms with Gasteiger partial charge in [0.25, 0.3) is 0 Å². The maximum atomic E-state index is 12.4. The number of carbonyl (C=O) groups excluding carboxylic acids is 1. The van der Waals surface area contributed by atoms with Gasteiger partial charge in [-0.3, -0.25) is 4.79 Å². The molecule has 0 bridgehead atoms. The maximum absolute atomic E-state index is 12.4. The summed E-state index contributed by atoms with van der Waals surface area (Å²) in [6.45, 7) is 12.0. The number of piperidine rings is 1. The van der Waals surface area contributed by atoms with Crippen molar-refractivity contribution in [1.29, 1.82) is 0 Å². The van der Waals surface area contributed by atoms with Crippen molar-refractivity contribution in [2.24, 2.45) is 5.92 Å². The highest BCUT2D eigenvalue weighted by Gasteiger charge is 2.22. The summed E-state index contributed by atoms with van der Waals surface area (Å²) in [6.07, 6.45) is 5.42. The molecule has 0 radical (unpaired) electrons. The molecule has 4 rings (SSSR count). The van der Waals surface area contributed by atoms with Gasteiger partial charge in [-0.05, 0) is 86.9 Å². The minimum Gasteiger partial charge on any atom is -0.494 e. The summed E-state index contributed by atoms with van der Waals surface area (Å²) < 4.78 is 6.11. The minimum atomic E-state index is 0.0681. The second-order valence-electron chi connectivity index (χ2n) is 10.1. The molecular formula is C29H40N2O2. The molecule has 178 valence electrons. The van der Waals surface area contributed by atoms with Crippen LogP contribution in [0.3, 0.4) is 0 Å². The van der Waals surface area contributed by atoms with Crippen LogP contribution in [-0.4, -0.2) is 55.0 Å². The first-order valence-corrected chi connectivity index (χ1v) is 12.8. The van der Waals surface area contributed by atoms with Gasteiger partial charge in [0.1, 0.15) is 5.75 Å². The number of rotatable bonds is 7. The van der Waals surface area contributed by atoms with Crippen LogP contribution in [-0.2, 0) is 17.6 Å². The van der Waals surface area contributed by atoms with Crippen LogP contribution in [0.1, 0.15) is 61.3 Å². The fourth-order valence-electron chi connectivity index (χ4n) is 5.18. The summed E-state index contributed by atoms with van der Waals surface area (Å²) in [5, 5.41) is 0. The van der Waals surface area contributed by atoms with Gasteiger partial charge in [-0.25, -0.2) is 0 Å². The van der Waals surface area contributed by atoms with Crippen molar-refractivity contribution in [3.63, 3.8) is 0 Å². The predicted octanol–water partition coefficient (Wildman–Crippen LogP) is 5.23. The third kappa shape index (κ3) is 6.38. The number of nitrogens with zero attached hydrogens (tertiary/aromatic N) is 2. The zero-order valence-electron chi connectivity index (χ0n) is 20.7. The zero-order chi connectivity index (χ0) is 23.2. The largest absolute Gasteiger partial charge is 0.494 e. The molecule has 1 saturated heterocycles. The van der Waals surface area contributed by atoms with Gasteiger partial charge in [0.2, 0.25) is 5.91 Å². The molecule has 4 nitrogen and oxygen atoms in total. The highest BCUT2D eigenvalue weighted by atomic mass is 16.5. The lowest BCUT2D eigenvalue weighted by Gasteiger charge is -2.32. The van der Waals surface area contributed by atoms with E-state index in [1.165, 1.54) is 48.2 Å². The van der Waals surface area contributed by atoms with Gasteiger partial charge in [0.05, 0.1) is 6.61 Å². The SMILES string of the molecule is Cc1ccc(C2CCN(CCCOc3ccc4c(c3)CCN(C(=O)C(C)C)CC4)CC2)cc1. The Morgan fingerprint density at radius 1 is 0.970 bits per heavy atom.